The van der Waals surface area contributed by atoms with Crippen molar-refractivity contribution in [2.24, 2.45) is 0 Å². The number of hydrogen-bond donors (Lipinski definition) is 2. The van der Waals surface area contributed by atoms with Crippen molar-refractivity contribution in [2.75, 3.05) is 13.7 Å². The zero-order chi connectivity index (χ0) is 7.98. The summed E-state index contributed by atoms with van der Waals surface area (Å²) < 4.78 is 4.93. The van der Waals surface area contributed by atoms with Gasteiger partial charge in [-0.2, -0.15) is 0 Å². The monoisotopic (exact) mass is 148 g/mol. The fraction of sp³-hybridized carbons (Fsp3) is 1.00. The van der Waals surface area contributed by atoms with E-state index in [-0.39, 0.29) is 12.7 Å². The molecule has 0 rings (SSSR count). The van der Waals surface area contributed by atoms with E-state index >= 15 is 0 Å². The van der Waals surface area contributed by atoms with Crippen LogP contribution in [0, 0.1) is 0 Å². The highest BCUT2D eigenvalue weighted by atomic mass is 16.5. The van der Waals surface area contributed by atoms with Gasteiger partial charge in [-0.15, -0.1) is 0 Å². The van der Waals surface area contributed by atoms with Crippen molar-refractivity contribution in [1.29, 1.82) is 0 Å². The van der Waals surface area contributed by atoms with Gasteiger partial charge < -0.3 is 14.9 Å². The molecule has 0 amide bonds. The predicted molar refractivity (Wildman–Crippen MR) is 38.8 cm³/mol. The van der Waals surface area contributed by atoms with Gasteiger partial charge in [0, 0.05) is 7.11 Å². The van der Waals surface area contributed by atoms with Gasteiger partial charge in [0.2, 0.25) is 0 Å². The van der Waals surface area contributed by atoms with Crippen LogP contribution in [0.15, 0.2) is 0 Å². The number of rotatable bonds is 5. The van der Waals surface area contributed by atoms with Crippen LogP contribution >= 0.6 is 0 Å². The lowest BCUT2D eigenvalue weighted by molar-refractivity contribution is -0.0411. The van der Waals surface area contributed by atoms with Crippen LogP contribution in [0.25, 0.3) is 0 Å². The normalized spacial score (nSPS) is 16.8. The third-order valence-electron chi connectivity index (χ3n) is 1.49. The molecule has 0 aliphatic rings. The molecule has 0 aromatic carbocycles. The minimum atomic E-state index is -0.732. The molecule has 0 aliphatic heterocycles. The number of hydrogen-bond acceptors (Lipinski definition) is 3. The molecule has 0 fully saturated rings. The topological polar surface area (TPSA) is 49.7 Å². The van der Waals surface area contributed by atoms with Crippen molar-refractivity contribution in [3.8, 4) is 0 Å². The second kappa shape index (κ2) is 5.65. The summed E-state index contributed by atoms with van der Waals surface area (Å²) in [6.07, 6.45) is 0.799. The summed E-state index contributed by atoms with van der Waals surface area (Å²) in [4.78, 5) is 0. The highest BCUT2D eigenvalue weighted by Gasteiger charge is 2.15. The van der Waals surface area contributed by atoms with E-state index in [1.54, 1.807) is 7.11 Å². The van der Waals surface area contributed by atoms with E-state index in [9.17, 15) is 0 Å². The number of aliphatic hydroxyl groups is 2. The molecule has 3 nitrogen and oxygen atoms in total. The van der Waals surface area contributed by atoms with Crippen molar-refractivity contribution in [1.82, 2.24) is 0 Å². The van der Waals surface area contributed by atoms with Gasteiger partial charge in [0.1, 0.15) is 6.10 Å². The van der Waals surface area contributed by atoms with E-state index in [1.165, 1.54) is 0 Å². The van der Waals surface area contributed by atoms with Crippen LogP contribution in [0.4, 0.5) is 0 Å². The molecule has 0 radical (unpaired) electrons. The first kappa shape index (κ1) is 9.88. The lowest BCUT2D eigenvalue weighted by Gasteiger charge is -2.18. The average molecular weight is 148 g/mol. The largest absolute Gasteiger partial charge is 0.394 e. The summed E-state index contributed by atoms with van der Waals surface area (Å²) in [5.74, 6) is 0. The summed E-state index contributed by atoms with van der Waals surface area (Å²) in [6, 6.07) is 0. The molecule has 2 N–H and O–H groups in total. The van der Waals surface area contributed by atoms with Gasteiger partial charge in [0.05, 0.1) is 12.7 Å². The zero-order valence-corrected chi connectivity index (χ0v) is 6.58. The number of methoxy groups -OCH3 is 1. The van der Waals surface area contributed by atoms with Gasteiger partial charge in [-0.25, -0.2) is 0 Å². The van der Waals surface area contributed by atoms with Gasteiger partial charge in [-0.3, -0.25) is 0 Å². The number of aliphatic hydroxyl groups excluding tert-OH is 2. The van der Waals surface area contributed by atoms with E-state index in [2.05, 4.69) is 0 Å². The first-order valence-corrected chi connectivity index (χ1v) is 3.58. The lowest BCUT2D eigenvalue weighted by Crippen LogP contribution is -2.30. The predicted octanol–water partition coefficient (Wildman–Crippen LogP) is 0.155. The molecule has 0 aromatic heterocycles. The highest BCUT2D eigenvalue weighted by molar-refractivity contribution is 4.66. The Hall–Kier alpha value is -0.120. The third kappa shape index (κ3) is 3.15. The molecule has 0 aliphatic carbocycles. The van der Waals surface area contributed by atoms with Crippen LogP contribution in [0.3, 0.4) is 0 Å². The molecule has 0 spiro atoms. The molecule has 3 heteroatoms. The Balaban J connectivity index is 3.56. The maximum Gasteiger partial charge on any atom is 0.103 e. The maximum absolute atomic E-state index is 9.07. The molecule has 0 aromatic rings. The van der Waals surface area contributed by atoms with Crippen molar-refractivity contribution in [3.63, 3.8) is 0 Å². The van der Waals surface area contributed by atoms with Gasteiger partial charge >= 0.3 is 0 Å². The molecule has 62 valence electrons. The summed E-state index contributed by atoms with van der Waals surface area (Å²) in [6.45, 7) is 1.79. The molecule has 10 heavy (non-hydrogen) atoms. The van der Waals surface area contributed by atoms with Crippen molar-refractivity contribution in [3.05, 3.63) is 0 Å². The lowest BCUT2D eigenvalue weighted by atomic mass is 10.1. The molecule has 0 saturated heterocycles. The van der Waals surface area contributed by atoms with Gasteiger partial charge in [0.15, 0.2) is 0 Å². The smallest absolute Gasteiger partial charge is 0.103 e. The third-order valence-corrected chi connectivity index (χ3v) is 1.49. The molecular formula is C7H16O3. The van der Waals surface area contributed by atoms with E-state index in [1.807, 2.05) is 6.92 Å². The van der Waals surface area contributed by atoms with Crippen molar-refractivity contribution >= 4 is 0 Å². The minimum Gasteiger partial charge on any atom is -0.394 e. The molecular weight excluding hydrogens is 132 g/mol. The quantitative estimate of drug-likeness (QED) is 0.583. The first-order valence-electron chi connectivity index (χ1n) is 3.58. The van der Waals surface area contributed by atoms with E-state index in [0.29, 0.717) is 0 Å². The van der Waals surface area contributed by atoms with E-state index in [4.69, 9.17) is 14.9 Å². The van der Waals surface area contributed by atoms with Crippen molar-refractivity contribution in [2.45, 2.75) is 32.0 Å². The average Bonchev–Trinajstić information content (AvgIpc) is 1.99. The summed E-state index contributed by atoms with van der Waals surface area (Å²) in [5, 5.41) is 17.6. The Morgan fingerprint density at radius 2 is 2.10 bits per heavy atom. The Kier molecular flexibility index (Phi) is 5.58. The van der Waals surface area contributed by atoms with Crippen LogP contribution in [0.5, 0.6) is 0 Å². The summed E-state index contributed by atoms with van der Waals surface area (Å²) in [7, 11) is 1.54. The fourth-order valence-electron chi connectivity index (χ4n) is 0.869. The maximum atomic E-state index is 9.07. The Morgan fingerprint density at radius 1 is 1.50 bits per heavy atom. The molecule has 0 bridgehead atoms. The van der Waals surface area contributed by atoms with Crippen LogP contribution in [0.2, 0.25) is 0 Å². The van der Waals surface area contributed by atoms with Crippen LogP contribution < -0.4 is 0 Å². The first-order chi connectivity index (χ1) is 4.76. The van der Waals surface area contributed by atoms with E-state index in [0.717, 1.165) is 12.8 Å². The number of ether oxygens (including phenoxy) is 1. The standard InChI is InChI=1S/C7H16O3/c1-3-4-7(10-2)6(9)5-8/h6-9H,3-5H2,1-2H3/t6-,7-/m1/s1. The van der Waals surface area contributed by atoms with Gasteiger partial charge in [-0.1, -0.05) is 13.3 Å². The summed E-state index contributed by atoms with van der Waals surface area (Å²) in [5.41, 5.74) is 0. The molecule has 0 unspecified atom stereocenters. The Labute approximate surface area is 61.6 Å². The molecule has 2 atom stereocenters. The van der Waals surface area contributed by atoms with Gasteiger partial charge in [-0.05, 0) is 6.42 Å². The Bertz CT molecular complexity index is 75.3. The molecule has 0 saturated carbocycles. The van der Waals surface area contributed by atoms with Crippen molar-refractivity contribution < 1.29 is 14.9 Å². The SMILES string of the molecule is CCC[C@@H](OC)[C@H](O)CO. The second-order valence-corrected chi connectivity index (χ2v) is 2.31. The second-order valence-electron chi connectivity index (χ2n) is 2.31. The fourth-order valence-corrected chi connectivity index (χ4v) is 0.869. The zero-order valence-electron chi connectivity index (χ0n) is 6.58. The summed E-state index contributed by atoms with van der Waals surface area (Å²) >= 11 is 0. The highest BCUT2D eigenvalue weighted by Crippen LogP contribution is 2.05. The van der Waals surface area contributed by atoms with Crippen LogP contribution in [-0.2, 0) is 4.74 Å². The molecule has 0 heterocycles. The minimum absolute atomic E-state index is 0.213. The van der Waals surface area contributed by atoms with Crippen LogP contribution in [-0.4, -0.2) is 36.1 Å². The van der Waals surface area contributed by atoms with Crippen LogP contribution in [0.1, 0.15) is 19.8 Å². The van der Waals surface area contributed by atoms with E-state index < -0.39 is 6.10 Å². The van der Waals surface area contributed by atoms with Gasteiger partial charge in [0.25, 0.3) is 0 Å². The Morgan fingerprint density at radius 3 is 2.40 bits per heavy atom.